The Labute approximate surface area is 168 Å². The van der Waals surface area contributed by atoms with E-state index in [9.17, 15) is 14.9 Å². The van der Waals surface area contributed by atoms with E-state index in [2.05, 4.69) is 47.1 Å². The minimum absolute atomic E-state index is 0.0658. The molecule has 1 heterocycles. The Morgan fingerprint density at radius 3 is 2.38 bits per heavy atom. The van der Waals surface area contributed by atoms with Crippen LogP contribution in [0.5, 0.6) is 0 Å². The first-order chi connectivity index (χ1) is 13.8. The molecule has 3 aromatic rings. The number of hydrazone groups is 1. The maximum atomic E-state index is 12.2. The maximum Gasteiger partial charge on any atom is 0.271 e. The monoisotopic (exact) mass is 390 g/mol. The Hall–Kier alpha value is -3.74. The van der Waals surface area contributed by atoms with Gasteiger partial charge in [-0.25, -0.2) is 5.43 Å². The van der Waals surface area contributed by atoms with Crippen LogP contribution in [0.3, 0.4) is 0 Å². The van der Waals surface area contributed by atoms with Crippen molar-refractivity contribution in [3.63, 3.8) is 0 Å². The van der Waals surface area contributed by atoms with Crippen LogP contribution in [-0.4, -0.2) is 21.6 Å². The SMILES string of the molecule is Cc1ccc(-n2c(C)cc(/C=N\NC(=O)c3ccc([N+](=O)[O-])cc3)c2C)c(C)c1. The predicted octanol–water partition coefficient (Wildman–Crippen LogP) is 4.38. The highest BCUT2D eigenvalue weighted by atomic mass is 16.6. The third-order valence-corrected chi connectivity index (χ3v) is 4.77. The average molecular weight is 390 g/mol. The van der Waals surface area contributed by atoms with E-state index in [-0.39, 0.29) is 5.69 Å². The number of nitrogens with one attached hydrogen (secondary N) is 1. The van der Waals surface area contributed by atoms with E-state index >= 15 is 0 Å². The van der Waals surface area contributed by atoms with Crippen LogP contribution >= 0.6 is 0 Å². The number of nitro benzene ring substituents is 1. The zero-order valence-electron chi connectivity index (χ0n) is 16.8. The van der Waals surface area contributed by atoms with E-state index in [1.54, 1.807) is 6.21 Å². The number of aromatic nitrogens is 1. The first-order valence-electron chi connectivity index (χ1n) is 9.12. The average Bonchev–Trinajstić information content (AvgIpc) is 2.95. The molecule has 3 rings (SSSR count). The quantitative estimate of drug-likeness (QED) is 0.398. The molecule has 1 aromatic heterocycles. The van der Waals surface area contributed by atoms with E-state index in [1.807, 2.05) is 19.9 Å². The number of hydrogen-bond acceptors (Lipinski definition) is 4. The van der Waals surface area contributed by atoms with E-state index in [0.717, 1.165) is 22.6 Å². The number of rotatable bonds is 5. The number of nitrogens with zero attached hydrogens (tertiary/aromatic N) is 3. The van der Waals surface area contributed by atoms with Crippen molar-refractivity contribution in [2.24, 2.45) is 5.10 Å². The maximum absolute atomic E-state index is 12.2. The van der Waals surface area contributed by atoms with Gasteiger partial charge in [0.05, 0.1) is 11.1 Å². The van der Waals surface area contributed by atoms with Crippen molar-refractivity contribution < 1.29 is 9.72 Å². The number of non-ortho nitro benzene ring substituents is 1. The molecule has 0 fully saturated rings. The van der Waals surface area contributed by atoms with Crippen molar-refractivity contribution in [3.8, 4) is 5.69 Å². The van der Waals surface area contributed by atoms with Crippen molar-refractivity contribution in [1.82, 2.24) is 9.99 Å². The molecule has 7 nitrogen and oxygen atoms in total. The zero-order chi connectivity index (χ0) is 21.1. The second kappa shape index (κ2) is 8.10. The van der Waals surface area contributed by atoms with Crippen molar-refractivity contribution in [1.29, 1.82) is 0 Å². The van der Waals surface area contributed by atoms with Gasteiger partial charge in [0.2, 0.25) is 0 Å². The summed E-state index contributed by atoms with van der Waals surface area (Å²) in [4.78, 5) is 22.4. The van der Waals surface area contributed by atoms with Crippen molar-refractivity contribution in [2.45, 2.75) is 27.7 Å². The Kier molecular flexibility index (Phi) is 5.59. The molecular weight excluding hydrogens is 368 g/mol. The van der Waals surface area contributed by atoms with Crippen molar-refractivity contribution in [2.75, 3.05) is 0 Å². The van der Waals surface area contributed by atoms with Crippen LogP contribution in [0.15, 0.2) is 53.6 Å². The lowest BCUT2D eigenvalue weighted by molar-refractivity contribution is -0.384. The van der Waals surface area contributed by atoms with Crippen molar-refractivity contribution >= 4 is 17.8 Å². The summed E-state index contributed by atoms with van der Waals surface area (Å²) >= 11 is 0. The lowest BCUT2D eigenvalue weighted by Gasteiger charge is -2.13. The third-order valence-electron chi connectivity index (χ3n) is 4.77. The molecule has 0 aliphatic carbocycles. The van der Waals surface area contributed by atoms with E-state index < -0.39 is 10.8 Å². The Morgan fingerprint density at radius 1 is 1.07 bits per heavy atom. The fourth-order valence-corrected chi connectivity index (χ4v) is 3.30. The smallest absolute Gasteiger partial charge is 0.271 e. The topological polar surface area (TPSA) is 89.5 Å². The van der Waals surface area contributed by atoms with Gasteiger partial charge in [-0.2, -0.15) is 5.10 Å². The standard InChI is InChI=1S/C22H22N4O3/c1-14-5-10-21(15(2)11-14)25-16(3)12-19(17(25)4)13-23-24-22(27)18-6-8-20(9-7-18)26(28)29/h5-13H,1-4H3,(H,24,27)/b23-13-. The molecule has 0 radical (unpaired) electrons. The molecule has 148 valence electrons. The highest BCUT2D eigenvalue weighted by Crippen LogP contribution is 2.23. The largest absolute Gasteiger partial charge is 0.318 e. The predicted molar refractivity (Wildman–Crippen MR) is 113 cm³/mol. The highest BCUT2D eigenvalue weighted by Gasteiger charge is 2.12. The van der Waals surface area contributed by atoms with Gasteiger partial charge in [-0.3, -0.25) is 14.9 Å². The molecule has 0 spiro atoms. The normalized spacial score (nSPS) is 11.0. The van der Waals surface area contributed by atoms with Crippen molar-refractivity contribution in [3.05, 3.63) is 92.3 Å². The van der Waals surface area contributed by atoms with Gasteiger partial charge in [-0.15, -0.1) is 0 Å². The van der Waals surface area contributed by atoms with Gasteiger partial charge in [-0.05, 0) is 57.5 Å². The van der Waals surface area contributed by atoms with Crippen LogP contribution in [-0.2, 0) is 0 Å². The molecule has 2 aromatic carbocycles. The molecule has 0 atom stereocenters. The Balaban J connectivity index is 1.77. The summed E-state index contributed by atoms with van der Waals surface area (Å²) in [5.41, 5.74) is 9.18. The number of carbonyl (C=O) groups is 1. The van der Waals surface area contributed by atoms with Gasteiger partial charge in [0, 0.05) is 40.3 Å². The second-order valence-corrected chi connectivity index (χ2v) is 6.95. The molecule has 0 unspecified atom stereocenters. The molecule has 0 bridgehead atoms. The zero-order valence-corrected chi connectivity index (χ0v) is 16.8. The minimum atomic E-state index is -0.509. The molecule has 0 saturated heterocycles. The summed E-state index contributed by atoms with van der Waals surface area (Å²) in [5.74, 6) is -0.431. The molecule has 0 aliphatic heterocycles. The second-order valence-electron chi connectivity index (χ2n) is 6.95. The fraction of sp³-hybridized carbons (Fsp3) is 0.182. The van der Waals surface area contributed by atoms with Crippen LogP contribution in [0.1, 0.15) is 38.4 Å². The van der Waals surface area contributed by atoms with Crippen LogP contribution in [0, 0.1) is 37.8 Å². The molecule has 29 heavy (non-hydrogen) atoms. The minimum Gasteiger partial charge on any atom is -0.318 e. The van der Waals surface area contributed by atoms with Gasteiger partial charge in [0.25, 0.3) is 11.6 Å². The Morgan fingerprint density at radius 2 is 1.76 bits per heavy atom. The lowest BCUT2D eigenvalue weighted by Crippen LogP contribution is -2.17. The van der Waals surface area contributed by atoms with E-state index in [4.69, 9.17) is 0 Å². The molecular formula is C22H22N4O3. The molecule has 1 amide bonds. The van der Waals surface area contributed by atoms with Gasteiger partial charge in [0.1, 0.15) is 0 Å². The molecule has 7 heteroatoms. The summed E-state index contributed by atoms with van der Waals surface area (Å²) in [5, 5.41) is 14.7. The van der Waals surface area contributed by atoms with Crippen LogP contribution in [0.25, 0.3) is 5.69 Å². The van der Waals surface area contributed by atoms with Gasteiger partial charge in [0.15, 0.2) is 0 Å². The van der Waals surface area contributed by atoms with Gasteiger partial charge in [-0.1, -0.05) is 17.7 Å². The van der Waals surface area contributed by atoms with Gasteiger partial charge < -0.3 is 4.57 Å². The Bertz CT molecular complexity index is 1110. The van der Waals surface area contributed by atoms with E-state index in [0.29, 0.717) is 5.56 Å². The molecule has 1 N–H and O–H groups in total. The third kappa shape index (κ3) is 4.24. The summed E-state index contributed by atoms with van der Waals surface area (Å²) in [7, 11) is 0. The van der Waals surface area contributed by atoms with Crippen LogP contribution in [0.4, 0.5) is 5.69 Å². The summed E-state index contributed by atoms with van der Waals surface area (Å²) in [6.45, 7) is 8.18. The number of amides is 1. The van der Waals surface area contributed by atoms with E-state index in [1.165, 1.54) is 35.4 Å². The molecule has 0 aliphatic rings. The van der Waals surface area contributed by atoms with Crippen LogP contribution in [0.2, 0.25) is 0 Å². The first-order valence-corrected chi connectivity index (χ1v) is 9.12. The summed E-state index contributed by atoms with van der Waals surface area (Å²) < 4.78 is 2.16. The summed E-state index contributed by atoms with van der Waals surface area (Å²) in [6.07, 6.45) is 1.60. The first kappa shape index (κ1) is 20.0. The van der Waals surface area contributed by atoms with Gasteiger partial charge >= 0.3 is 0 Å². The highest BCUT2D eigenvalue weighted by molar-refractivity contribution is 5.95. The number of carbonyl (C=O) groups excluding carboxylic acids is 1. The number of benzene rings is 2. The number of hydrogen-bond donors (Lipinski definition) is 1. The number of aryl methyl sites for hydroxylation is 3. The fourth-order valence-electron chi connectivity index (χ4n) is 3.30. The lowest BCUT2D eigenvalue weighted by atomic mass is 10.1. The number of nitro groups is 1. The van der Waals surface area contributed by atoms with Crippen LogP contribution < -0.4 is 5.43 Å². The molecule has 0 saturated carbocycles. The summed E-state index contributed by atoms with van der Waals surface area (Å²) in [6, 6.07) is 13.7.